The zero-order valence-electron chi connectivity index (χ0n) is 15.2. The largest absolute Gasteiger partial charge is 0.317 e. The van der Waals surface area contributed by atoms with Crippen molar-refractivity contribution in [2.75, 3.05) is 31.1 Å². The van der Waals surface area contributed by atoms with Crippen molar-refractivity contribution in [3.05, 3.63) is 53.9 Å². The van der Waals surface area contributed by atoms with Crippen LogP contribution in [-0.2, 0) is 4.79 Å². The van der Waals surface area contributed by atoms with Crippen molar-refractivity contribution in [3.63, 3.8) is 0 Å². The van der Waals surface area contributed by atoms with Crippen molar-refractivity contribution >= 4 is 17.3 Å². The van der Waals surface area contributed by atoms with E-state index in [4.69, 9.17) is 0 Å². The first-order valence-electron chi connectivity index (χ1n) is 9.50. The number of piperidine rings is 1. The van der Waals surface area contributed by atoms with Gasteiger partial charge in [-0.15, -0.1) is 0 Å². The molecule has 1 amide bonds. The molecule has 0 spiro atoms. The Kier molecular flexibility index (Phi) is 5.00. The molecule has 2 saturated heterocycles. The fourth-order valence-corrected chi connectivity index (χ4v) is 3.69. The van der Waals surface area contributed by atoms with Crippen molar-refractivity contribution < 1.29 is 4.79 Å². The van der Waals surface area contributed by atoms with Crippen molar-refractivity contribution in [2.45, 2.75) is 25.7 Å². The second-order valence-corrected chi connectivity index (χ2v) is 7.30. The van der Waals surface area contributed by atoms with Gasteiger partial charge in [-0.1, -0.05) is 12.1 Å². The van der Waals surface area contributed by atoms with E-state index in [1.54, 1.807) is 6.20 Å². The summed E-state index contributed by atoms with van der Waals surface area (Å²) in [5.41, 5.74) is 4.08. The maximum Gasteiger partial charge on any atom is 0.237 e. The number of amides is 1. The number of carbonyl (C=O) groups excluding carboxylic acids is 1. The molecule has 0 atom stereocenters. The van der Waals surface area contributed by atoms with Crippen LogP contribution in [0, 0.1) is 12.8 Å². The highest BCUT2D eigenvalue weighted by atomic mass is 16.2. The van der Waals surface area contributed by atoms with Crippen LogP contribution in [0.1, 0.15) is 30.0 Å². The molecule has 0 aliphatic carbocycles. The SMILES string of the molecule is Cc1ccc(N(C(=O)C2CNC2)c2ccc(C3CCNCC3)cc2)cn1. The van der Waals surface area contributed by atoms with Crippen molar-refractivity contribution in [2.24, 2.45) is 5.92 Å². The maximum absolute atomic E-state index is 13.0. The number of nitrogens with one attached hydrogen (secondary N) is 2. The van der Waals surface area contributed by atoms with Gasteiger partial charge in [-0.2, -0.15) is 0 Å². The van der Waals surface area contributed by atoms with Crippen molar-refractivity contribution in [1.29, 1.82) is 0 Å². The summed E-state index contributed by atoms with van der Waals surface area (Å²) < 4.78 is 0. The maximum atomic E-state index is 13.0. The molecule has 0 unspecified atom stereocenters. The number of pyridine rings is 1. The highest BCUT2D eigenvalue weighted by molar-refractivity contribution is 6.02. The van der Waals surface area contributed by atoms with E-state index in [0.29, 0.717) is 5.92 Å². The van der Waals surface area contributed by atoms with Gasteiger partial charge in [-0.05, 0) is 68.6 Å². The summed E-state index contributed by atoms with van der Waals surface area (Å²) in [4.78, 5) is 19.3. The molecule has 2 aliphatic heterocycles. The lowest BCUT2D eigenvalue weighted by atomic mass is 9.90. The molecule has 4 rings (SSSR count). The first-order valence-corrected chi connectivity index (χ1v) is 9.50. The van der Waals surface area contributed by atoms with Crippen LogP contribution in [0.5, 0.6) is 0 Å². The molecule has 5 nitrogen and oxygen atoms in total. The number of hydrogen-bond acceptors (Lipinski definition) is 4. The van der Waals surface area contributed by atoms with E-state index in [-0.39, 0.29) is 11.8 Å². The number of nitrogens with zero attached hydrogens (tertiary/aromatic N) is 2. The number of aromatic nitrogens is 1. The molecule has 1 aromatic carbocycles. The average Bonchev–Trinajstić information content (AvgIpc) is 2.63. The van der Waals surface area contributed by atoms with E-state index >= 15 is 0 Å². The Labute approximate surface area is 154 Å². The highest BCUT2D eigenvalue weighted by Gasteiger charge is 2.31. The van der Waals surface area contributed by atoms with Gasteiger partial charge in [-0.3, -0.25) is 14.7 Å². The monoisotopic (exact) mass is 350 g/mol. The van der Waals surface area contributed by atoms with E-state index < -0.39 is 0 Å². The molecule has 26 heavy (non-hydrogen) atoms. The van der Waals surface area contributed by atoms with Gasteiger partial charge in [0, 0.05) is 24.5 Å². The van der Waals surface area contributed by atoms with E-state index in [1.165, 1.54) is 18.4 Å². The molecular formula is C21H26N4O. The van der Waals surface area contributed by atoms with Gasteiger partial charge < -0.3 is 10.6 Å². The van der Waals surface area contributed by atoms with Crippen LogP contribution >= 0.6 is 0 Å². The van der Waals surface area contributed by atoms with E-state index in [0.717, 1.165) is 43.2 Å². The van der Waals surface area contributed by atoms with Gasteiger partial charge in [-0.25, -0.2) is 0 Å². The first-order chi connectivity index (χ1) is 12.7. The van der Waals surface area contributed by atoms with Crippen LogP contribution in [0.25, 0.3) is 0 Å². The topological polar surface area (TPSA) is 57.3 Å². The predicted octanol–water partition coefficient (Wildman–Crippen LogP) is 2.74. The lowest BCUT2D eigenvalue weighted by Crippen LogP contribution is -2.51. The van der Waals surface area contributed by atoms with Crippen molar-refractivity contribution in [1.82, 2.24) is 15.6 Å². The molecule has 0 saturated carbocycles. The minimum Gasteiger partial charge on any atom is -0.317 e. The molecule has 2 aliphatic rings. The zero-order chi connectivity index (χ0) is 17.9. The molecular weight excluding hydrogens is 324 g/mol. The Morgan fingerprint density at radius 3 is 2.27 bits per heavy atom. The Morgan fingerprint density at radius 2 is 1.69 bits per heavy atom. The average molecular weight is 350 g/mol. The fourth-order valence-electron chi connectivity index (χ4n) is 3.69. The summed E-state index contributed by atoms with van der Waals surface area (Å²) in [6.07, 6.45) is 4.15. The minimum atomic E-state index is 0.0420. The van der Waals surface area contributed by atoms with E-state index in [2.05, 4.69) is 39.9 Å². The van der Waals surface area contributed by atoms with Crippen LogP contribution in [-0.4, -0.2) is 37.1 Å². The molecule has 2 N–H and O–H groups in total. The quantitative estimate of drug-likeness (QED) is 0.890. The normalized spacial score (nSPS) is 18.3. The highest BCUT2D eigenvalue weighted by Crippen LogP contribution is 2.31. The Bertz CT molecular complexity index is 747. The number of benzene rings is 1. The standard InChI is InChI=1S/C21H26N4O/c1-15-2-5-20(14-24-15)25(21(26)18-12-23-13-18)19-6-3-16(4-7-19)17-8-10-22-11-9-17/h2-7,14,17-18,22-23H,8-13H2,1H3. The smallest absolute Gasteiger partial charge is 0.237 e. The van der Waals surface area contributed by atoms with Gasteiger partial charge in [0.25, 0.3) is 0 Å². The summed E-state index contributed by atoms with van der Waals surface area (Å²) in [7, 11) is 0. The van der Waals surface area contributed by atoms with Gasteiger partial charge in [0.1, 0.15) is 0 Å². The number of anilines is 2. The second kappa shape index (κ2) is 7.56. The molecule has 3 heterocycles. The predicted molar refractivity (Wildman–Crippen MR) is 104 cm³/mol. The van der Waals surface area contributed by atoms with E-state index in [1.807, 2.05) is 24.0 Å². The number of aryl methyl sites for hydroxylation is 1. The Balaban J connectivity index is 1.62. The molecule has 2 fully saturated rings. The summed E-state index contributed by atoms with van der Waals surface area (Å²) in [6.45, 7) is 5.63. The molecule has 0 bridgehead atoms. The molecule has 1 aromatic heterocycles. The third kappa shape index (κ3) is 3.50. The van der Waals surface area contributed by atoms with Gasteiger partial charge >= 0.3 is 0 Å². The Hall–Kier alpha value is -2.24. The van der Waals surface area contributed by atoms with Crippen LogP contribution in [0.4, 0.5) is 11.4 Å². The van der Waals surface area contributed by atoms with Gasteiger partial charge in [0.15, 0.2) is 0 Å². The third-order valence-corrected chi connectivity index (χ3v) is 5.47. The zero-order valence-corrected chi connectivity index (χ0v) is 15.2. The summed E-state index contributed by atoms with van der Waals surface area (Å²) >= 11 is 0. The van der Waals surface area contributed by atoms with Crippen LogP contribution < -0.4 is 15.5 Å². The minimum absolute atomic E-state index is 0.0420. The van der Waals surface area contributed by atoms with Crippen LogP contribution in [0.15, 0.2) is 42.6 Å². The number of hydrogen-bond donors (Lipinski definition) is 2. The van der Waals surface area contributed by atoms with E-state index in [9.17, 15) is 4.79 Å². The van der Waals surface area contributed by atoms with Crippen molar-refractivity contribution in [3.8, 4) is 0 Å². The summed E-state index contributed by atoms with van der Waals surface area (Å²) in [5.74, 6) is 0.802. The lowest BCUT2D eigenvalue weighted by Gasteiger charge is -2.32. The third-order valence-electron chi connectivity index (χ3n) is 5.47. The van der Waals surface area contributed by atoms with Gasteiger partial charge in [0.2, 0.25) is 5.91 Å². The summed E-state index contributed by atoms with van der Waals surface area (Å²) in [5, 5.41) is 6.61. The van der Waals surface area contributed by atoms with Gasteiger partial charge in [0.05, 0.1) is 17.8 Å². The molecule has 0 radical (unpaired) electrons. The lowest BCUT2D eigenvalue weighted by molar-refractivity contribution is -0.123. The Morgan fingerprint density at radius 1 is 1.00 bits per heavy atom. The fraction of sp³-hybridized carbons (Fsp3) is 0.429. The number of carbonyl (C=O) groups is 1. The first kappa shape index (κ1) is 17.2. The summed E-state index contributed by atoms with van der Waals surface area (Å²) in [6, 6.07) is 12.5. The van der Waals surface area contributed by atoms with Crippen LogP contribution in [0.2, 0.25) is 0 Å². The molecule has 136 valence electrons. The number of rotatable bonds is 4. The molecule has 5 heteroatoms. The van der Waals surface area contributed by atoms with Crippen LogP contribution in [0.3, 0.4) is 0 Å². The molecule has 2 aromatic rings. The second-order valence-electron chi connectivity index (χ2n) is 7.30.